The molecule has 0 radical (unpaired) electrons. The average molecular weight is 374 g/mol. The van der Waals surface area contributed by atoms with Crippen LogP contribution >= 0.6 is 12.2 Å². The van der Waals surface area contributed by atoms with Crippen molar-refractivity contribution >= 4 is 35.2 Å². The van der Waals surface area contributed by atoms with E-state index in [1.807, 2.05) is 0 Å². The van der Waals surface area contributed by atoms with E-state index in [-0.39, 0.29) is 22.1 Å². The van der Waals surface area contributed by atoms with E-state index in [9.17, 15) is 14.9 Å². The molecule has 0 saturated carbocycles. The maximum absolute atomic E-state index is 11.9. The minimum Gasteiger partial charge on any atom is -0.465 e. The number of nitrogens with one attached hydrogen (secondary N) is 1. The molecule has 2 rings (SSSR count). The summed E-state index contributed by atoms with van der Waals surface area (Å²) >= 11 is 4.64. The predicted molar refractivity (Wildman–Crippen MR) is 98.5 cm³/mol. The number of hydrogen-bond acceptors (Lipinski definition) is 7. The highest BCUT2D eigenvalue weighted by Crippen LogP contribution is 2.29. The lowest BCUT2D eigenvalue weighted by Crippen LogP contribution is -2.23. The van der Waals surface area contributed by atoms with Gasteiger partial charge in [-0.3, -0.25) is 15.5 Å². The van der Waals surface area contributed by atoms with E-state index < -0.39 is 10.9 Å². The number of methoxy groups -OCH3 is 1. The van der Waals surface area contributed by atoms with Crippen LogP contribution in [-0.2, 0) is 4.74 Å². The van der Waals surface area contributed by atoms with Crippen LogP contribution in [0.25, 0.3) is 0 Å². The van der Waals surface area contributed by atoms with Crippen molar-refractivity contribution in [1.82, 2.24) is 5.43 Å². The molecule has 0 heterocycles. The van der Waals surface area contributed by atoms with Crippen molar-refractivity contribution in [3.05, 3.63) is 63.7 Å². The van der Waals surface area contributed by atoms with Crippen LogP contribution in [0.5, 0.6) is 11.5 Å². The van der Waals surface area contributed by atoms with Gasteiger partial charge in [0, 0.05) is 12.1 Å². The fourth-order valence-electron chi connectivity index (χ4n) is 1.95. The molecule has 0 spiro atoms. The van der Waals surface area contributed by atoms with Crippen LogP contribution in [0.15, 0.2) is 47.6 Å². The van der Waals surface area contributed by atoms with Gasteiger partial charge in [0.05, 0.1) is 18.2 Å². The second-order valence-corrected chi connectivity index (χ2v) is 5.28. The number of benzene rings is 2. The van der Waals surface area contributed by atoms with Crippen LogP contribution in [-0.4, -0.2) is 29.3 Å². The van der Waals surface area contributed by atoms with Gasteiger partial charge < -0.3 is 15.2 Å². The zero-order chi connectivity index (χ0) is 19.1. The molecule has 134 valence electrons. The highest BCUT2D eigenvalue weighted by atomic mass is 32.1. The lowest BCUT2D eigenvalue weighted by atomic mass is 10.1. The van der Waals surface area contributed by atoms with Crippen LogP contribution in [0.2, 0.25) is 0 Å². The quantitative estimate of drug-likeness (QED) is 0.259. The molecule has 0 fully saturated rings. The number of hydrogen-bond donors (Lipinski definition) is 2. The third kappa shape index (κ3) is 4.98. The molecule has 0 unspecified atom stereocenters. The summed E-state index contributed by atoms with van der Waals surface area (Å²) in [5, 5.41) is 14.8. The van der Waals surface area contributed by atoms with Crippen LogP contribution in [0.3, 0.4) is 0 Å². The Morgan fingerprint density at radius 2 is 2.12 bits per heavy atom. The van der Waals surface area contributed by atoms with E-state index >= 15 is 0 Å². The maximum atomic E-state index is 11.9. The number of rotatable bonds is 6. The summed E-state index contributed by atoms with van der Waals surface area (Å²) in [6.45, 7) is 0. The molecule has 26 heavy (non-hydrogen) atoms. The first kappa shape index (κ1) is 18.8. The number of nitro benzene ring substituents is 1. The molecule has 0 amide bonds. The number of nitrogens with zero attached hydrogens (tertiary/aromatic N) is 2. The molecule has 9 nitrogen and oxygen atoms in total. The number of nitrogens with two attached hydrogens (primary N) is 1. The fraction of sp³-hybridized carbons (Fsp3) is 0.0625. The van der Waals surface area contributed by atoms with Gasteiger partial charge in [0.2, 0.25) is 0 Å². The van der Waals surface area contributed by atoms with E-state index in [2.05, 4.69) is 27.5 Å². The Labute approximate surface area is 153 Å². The van der Waals surface area contributed by atoms with Gasteiger partial charge in [0.25, 0.3) is 5.69 Å². The zero-order valence-corrected chi connectivity index (χ0v) is 14.4. The Morgan fingerprint density at radius 3 is 2.77 bits per heavy atom. The molecule has 0 atom stereocenters. The Bertz CT molecular complexity index is 885. The number of hydrazone groups is 1. The molecular formula is C16H14N4O5S. The van der Waals surface area contributed by atoms with Gasteiger partial charge in [0.1, 0.15) is 17.1 Å². The molecule has 0 saturated heterocycles. The van der Waals surface area contributed by atoms with Gasteiger partial charge in [-0.25, -0.2) is 4.79 Å². The second kappa shape index (κ2) is 8.53. The molecule has 2 aromatic carbocycles. The van der Waals surface area contributed by atoms with Crippen molar-refractivity contribution < 1.29 is 19.2 Å². The van der Waals surface area contributed by atoms with Gasteiger partial charge in [-0.05, 0) is 36.0 Å². The standard InChI is InChI=1S/C16H14N4O5S/c1-24-15(21)13-8-11(20(22)23)5-6-14(13)25-12-4-2-3-10(7-12)9-18-19-16(17)26/h2-9H,1H3,(H3,17,19,26). The zero-order valence-electron chi connectivity index (χ0n) is 13.5. The van der Waals surface area contributed by atoms with Crippen molar-refractivity contribution in [2.75, 3.05) is 7.11 Å². The van der Waals surface area contributed by atoms with E-state index in [1.54, 1.807) is 24.3 Å². The summed E-state index contributed by atoms with van der Waals surface area (Å²) in [5.74, 6) is -0.233. The SMILES string of the molecule is COC(=O)c1cc([N+](=O)[O-])ccc1Oc1cccc(C=NNC(N)=S)c1. The first-order valence-electron chi connectivity index (χ1n) is 7.14. The lowest BCUT2D eigenvalue weighted by molar-refractivity contribution is -0.384. The van der Waals surface area contributed by atoms with E-state index in [0.29, 0.717) is 11.3 Å². The Kier molecular flexibility index (Phi) is 6.17. The molecule has 10 heteroatoms. The third-order valence-electron chi connectivity index (χ3n) is 3.05. The summed E-state index contributed by atoms with van der Waals surface area (Å²) in [7, 11) is 1.18. The number of esters is 1. The minimum absolute atomic E-state index is 0.0299. The van der Waals surface area contributed by atoms with E-state index in [0.717, 1.165) is 6.07 Å². The summed E-state index contributed by atoms with van der Waals surface area (Å²) in [6, 6.07) is 10.4. The monoisotopic (exact) mass is 374 g/mol. The molecule has 0 aromatic heterocycles. The predicted octanol–water partition coefficient (Wildman–Crippen LogP) is 2.34. The Balaban J connectivity index is 2.30. The normalized spacial score (nSPS) is 10.3. The van der Waals surface area contributed by atoms with Gasteiger partial charge in [-0.1, -0.05) is 12.1 Å². The maximum Gasteiger partial charge on any atom is 0.341 e. The fourth-order valence-corrected chi connectivity index (χ4v) is 2.00. The van der Waals surface area contributed by atoms with Crippen LogP contribution in [0.1, 0.15) is 15.9 Å². The van der Waals surface area contributed by atoms with Crippen molar-refractivity contribution in [3.8, 4) is 11.5 Å². The minimum atomic E-state index is -0.748. The number of thiocarbonyl (C=S) groups is 1. The molecule has 0 bridgehead atoms. The molecule has 0 aliphatic carbocycles. The highest BCUT2D eigenvalue weighted by molar-refractivity contribution is 7.80. The summed E-state index contributed by atoms with van der Waals surface area (Å²) in [4.78, 5) is 22.2. The molecule has 2 aromatic rings. The van der Waals surface area contributed by atoms with Crippen LogP contribution in [0.4, 0.5) is 5.69 Å². The number of non-ortho nitro benzene ring substituents is 1. The first-order valence-corrected chi connectivity index (χ1v) is 7.54. The van der Waals surface area contributed by atoms with Crippen molar-refractivity contribution in [2.45, 2.75) is 0 Å². The van der Waals surface area contributed by atoms with Gasteiger partial charge in [-0.15, -0.1) is 0 Å². The van der Waals surface area contributed by atoms with E-state index in [4.69, 9.17) is 10.5 Å². The topological polar surface area (TPSA) is 129 Å². The Hall–Kier alpha value is -3.53. The second-order valence-electron chi connectivity index (χ2n) is 4.84. The number of carbonyl (C=O) groups excluding carboxylic acids is 1. The smallest absolute Gasteiger partial charge is 0.341 e. The largest absolute Gasteiger partial charge is 0.465 e. The van der Waals surface area contributed by atoms with Crippen LogP contribution < -0.4 is 15.9 Å². The summed E-state index contributed by atoms with van der Waals surface area (Å²) in [5.41, 5.74) is 8.06. The lowest BCUT2D eigenvalue weighted by Gasteiger charge is -2.10. The Morgan fingerprint density at radius 1 is 1.35 bits per heavy atom. The van der Waals surface area contributed by atoms with Gasteiger partial charge >= 0.3 is 5.97 Å². The van der Waals surface area contributed by atoms with Crippen molar-refractivity contribution in [3.63, 3.8) is 0 Å². The van der Waals surface area contributed by atoms with Crippen molar-refractivity contribution in [1.29, 1.82) is 0 Å². The first-order chi connectivity index (χ1) is 12.4. The summed E-state index contributed by atoms with van der Waals surface area (Å²) in [6.07, 6.45) is 1.48. The molecular weight excluding hydrogens is 360 g/mol. The highest BCUT2D eigenvalue weighted by Gasteiger charge is 2.19. The third-order valence-corrected chi connectivity index (χ3v) is 3.14. The number of ether oxygens (including phenoxy) is 2. The number of carbonyl (C=O) groups is 1. The average Bonchev–Trinajstić information content (AvgIpc) is 2.61. The van der Waals surface area contributed by atoms with Gasteiger partial charge in [-0.2, -0.15) is 5.10 Å². The van der Waals surface area contributed by atoms with Crippen molar-refractivity contribution in [2.24, 2.45) is 10.8 Å². The van der Waals surface area contributed by atoms with Gasteiger partial charge in [0.15, 0.2) is 5.11 Å². The number of nitro groups is 1. The molecule has 3 N–H and O–H groups in total. The summed E-state index contributed by atoms with van der Waals surface area (Å²) < 4.78 is 10.3. The molecule has 0 aliphatic heterocycles. The molecule has 0 aliphatic rings. The van der Waals surface area contributed by atoms with Crippen LogP contribution in [0, 0.1) is 10.1 Å². The van der Waals surface area contributed by atoms with E-state index in [1.165, 1.54) is 25.5 Å².